The minimum atomic E-state index is -0.912. The van der Waals surface area contributed by atoms with Gasteiger partial charge in [-0.3, -0.25) is 4.79 Å². The van der Waals surface area contributed by atoms with Gasteiger partial charge < -0.3 is 15.7 Å². The van der Waals surface area contributed by atoms with Crippen LogP contribution in [-0.2, 0) is 4.79 Å². The molecule has 5 nitrogen and oxygen atoms in total. The molecule has 0 aromatic rings. The number of nitrogens with one attached hydrogen (secondary N) is 2. The van der Waals surface area contributed by atoms with Crippen LogP contribution in [0.1, 0.15) is 20.3 Å². The van der Waals surface area contributed by atoms with Gasteiger partial charge >= 0.3 is 12.0 Å². The van der Waals surface area contributed by atoms with Crippen molar-refractivity contribution in [3.05, 3.63) is 0 Å². The SMILES string of the molecule is CCSCC(C)NC(=O)NCCC(=O)O. The summed E-state index contributed by atoms with van der Waals surface area (Å²) in [6.07, 6.45) is -0.0501. The molecule has 1 unspecified atom stereocenters. The summed E-state index contributed by atoms with van der Waals surface area (Å²) in [5, 5.41) is 13.6. The highest BCUT2D eigenvalue weighted by molar-refractivity contribution is 7.99. The Morgan fingerprint density at radius 3 is 2.67 bits per heavy atom. The summed E-state index contributed by atoms with van der Waals surface area (Å²) < 4.78 is 0. The summed E-state index contributed by atoms with van der Waals surface area (Å²) in [5.41, 5.74) is 0. The second kappa shape index (κ2) is 8.40. The average molecular weight is 234 g/mol. The predicted octanol–water partition coefficient (Wildman–Crippen LogP) is 0.902. The van der Waals surface area contributed by atoms with Gasteiger partial charge in [0.2, 0.25) is 0 Å². The van der Waals surface area contributed by atoms with Gasteiger partial charge in [0.1, 0.15) is 0 Å². The van der Waals surface area contributed by atoms with Crippen LogP contribution in [0.5, 0.6) is 0 Å². The van der Waals surface area contributed by atoms with Gasteiger partial charge in [-0.15, -0.1) is 0 Å². The molecule has 6 heteroatoms. The molecule has 0 aromatic carbocycles. The van der Waals surface area contributed by atoms with Gasteiger partial charge in [-0.25, -0.2) is 4.79 Å². The number of hydrogen-bond acceptors (Lipinski definition) is 3. The van der Waals surface area contributed by atoms with Crippen molar-refractivity contribution in [2.75, 3.05) is 18.1 Å². The van der Waals surface area contributed by atoms with E-state index >= 15 is 0 Å². The molecule has 0 radical (unpaired) electrons. The molecule has 15 heavy (non-hydrogen) atoms. The van der Waals surface area contributed by atoms with E-state index < -0.39 is 5.97 Å². The van der Waals surface area contributed by atoms with E-state index in [1.54, 1.807) is 11.8 Å². The van der Waals surface area contributed by atoms with Crippen LogP contribution >= 0.6 is 11.8 Å². The van der Waals surface area contributed by atoms with Crippen molar-refractivity contribution in [3.63, 3.8) is 0 Å². The Balaban J connectivity index is 3.50. The number of carbonyl (C=O) groups excluding carboxylic acids is 1. The highest BCUT2D eigenvalue weighted by Gasteiger charge is 2.06. The Kier molecular flexibility index (Phi) is 7.89. The Labute approximate surface area is 94.0 Å². The van der Waals surface area contributed by atoms with Crippen LogP contribution in [0.25, 0.3) is 0 Å². The van der Waals surface area contributed by atoms with Crippen LogP contribution < -0.4 is 10.6 Å². The zero-order valence-corrected chi connectivity index (χ0v) is 9.89. The normalized spacial score (nSPS) is 11.9. The second-order valence-corrected chi connectivity index (χ2v) is 4.42. The smallest absolute Gasteiger partial charge is 0.315 e. The van der Waals surface area contributed by atoms with E-state index in [9.17, 15) is 9.59 Å². The third-order valence-electron chi connectivity index (χ3n) is 1.57. The van der Waals surface area contributed by atoms with E-state index in [1.807, 2.05) is 6.92 Å². The number of carbonyl (C=O) groups is 2. The largest absolute Gasteiger partial charge is 0.481 e. The van der Waals surface area contributed by atoms with Crippen molar-refractivity contribution >= 4 is 23.8 Å². The molecule has 88 valence electrons. The number of aliphatic carboxylic acids is 1. The van der Waals surface area contributed by atoms with Gasteiger partial charge in [0.15, 0.2) is 0 Å². The Morgan fingerprint density at radius 2 is 2.13 bits per heavy atom. The maximum Gasteiger partial charge on any atom is 0.315 e. The van der Waals surface area contributed by atoms with Crippen LogP contribution in [0.4, 0.5) is 4.79 Å². The molecule has 0 aliphatic heterocycles. The first-order valence-corrected chi connectivity index (χ1v) is 6.05. The van der Waals surface area contributed by atoms with E-state index in [0.29, 0.717) is 0 Å². The first-order chi connectivity index (χ1) is 7.06. The third-order valence-corrected chi connectivity index (χ3v) is 2.72. The Hall–Kier alpha value is -0.910. The van der Waals surface area contributed by atoms with Gasteiger partial charge in [-0.2, -0.15) is 11.8 Å². The lowest BCUT2D eigenvalue weighted by atomic mass is 10.4. The van der Waals surface area contributed by atoms with E-state index in [0.717, 1.165) is 11.5 Å². The number of hydrogen-bond donors (Lipinski definition) is 3. The highest BCUT2D eigenvalue weighted by atomic mass is 32.2. The van der Waals surface area contributed by atoms with Crippen LogP contribution in [-0.4, -0.2) is 41.2 Å². The number of rotatable bonds is 7. The molecule has 0 saturated heterocycles. The number of carboxylic acids is 1. The van der Waals surface area contributed by atoms with Gasteiger partial charge in [-0.05, 0) is 12.7 Å². The topological polar surface area (TPSA) is 78.4 Å². The molecule has 2 amide bonds. The van der Waals surface area contributed by atoms with Gasteiger partial charge in [0, 0.05) is 18.3 Å². The first kappa shape index (κ1) is 14.1. The van der Waals surface area contributed by atoms with Crippen molar-refractivity contribution in [1.29, 1.82) is 0 Å². The van der Waals surface area contributed by atoms with Crippen LogP contribution in [0.3, 0.4) is 0 Å². The summed E-state index contributed by atoms with van der Waals surface area (Å²) in [4.78, 5) is 21.3. The fraction of sp³-hybridized carbons (Fsp3) is 0.778. The maximum atomic E-state index is 11.2. The molecule has 0 fully saturated rings. The molecule has 0 aliphatic carbocycles. The molecular weight excluding hydrogens is 216 g/mol. The van der Waals surface area contributed by atoms with E-state index in [4.69, 9.17) is 5.11 Å². The lowest BCUT2D eigenvalue weighted by Crippen LogP contribution is -2.42. The van der Waals surface area contributed by atoms with Crippen LogP contribution in [0, 0.1) is 0 Å². The number of thioether (sulfide) groups is 1. The van der Waals surface area contributed by atoms with Gasteiger partial charge in [0.05, 0.1) is 6.42 Å². The number of carboxylic acid groups (broad SMARTS) is 1. The number of amides is 2. The second-order valence-electron chi connectivity index (χ2n) is 3.10. The van der Waals surface area contributed by atoms with Crippen LogP contribution in [0.15, 0.2) is 0 Å². The van der Waals surface area contributed by atoms with E-state index in [1.165, 1.54) is 0 Å². The molecule has 0 heterocycles. The van der Waals surface area contributed by atoms with Gasteiger partial charge in [0.25, 0.3) is 0 Å². The summed E-state index contributed by atoms with van der Waals surface area (Å²) >= 11 is 1.75. The summed E-state index contributed by atoms with van der Waals surface area (Å²) in [7, 11) is 0. The molecule has 0 saturated carbocycles. The zero-order chi connectivity index (χ0) is 11.7. The molecule has 0 aliphatic rings. The molecule has 0 spiro atoms. The molecule has 0 rings (SSSR count). The minimum absolute atomic E-state index is 0.0501. The van der Waals surface area contributed by atoms with Crippen LogP contribution in [0.2, 0.25) is 0 Å². The monoisotopic (exact) mass is 234 g/mol. The summed E-state index contributed by atoms with van der Waals surface area (Å²) in [6.45, 7) is 4.14. The van der Waals surface area contributed by atoms with E-state index in [-0.39, 0.29) is 25.0 Å². The lowest BCUT2D eigenvalue weighted by Gasteiger charge is -2.13. The molecular formula is C9H18N2O3S. The standard InChI is InChI=1S/C9H18N2O3S/c1-3-15-6-7(2)11-9(14)10-5-4-8(12)13/h7H,3-6H2,1-2H3,(H,12,13)(H2,10,11,14). The van der Waals surface area contributed by atoms with Crippen molar-refractivity contribution in [1.82, 2.24) is 10.6 Å². The van der Waals surface area contributed by atoms with E-state index in [2.05, 4.69) is 17.6 Å². The number of urea groups is 1. The minimum Gasteiger partial charge on any atom is -0.481 e. The first-order valence-electron chi connectivity index (χ1n) is 4.90. The Morgan fingerprint density at radius 1 is 1.47 bits per heavy atom. The van der Waals surface area contributed by atoms with Gasteiger partial charge in [-0.1, -0.05) is 6.92 Å². The Bertz CT molecular complexity index is 212. The van der Waals surface area contributed by atoms with Crippen molar-refractivity contribution < 1.29 is 14.7 Å². The molecule has 1 atom stereocenters. The predicted molar refractivity (Wildman–Crippen MR) is 61.2 cm³/mol. The maximum absolute atomic E-state index is 11.2. The van der Waals surface area contributed by atoms with Crippen molar-refractivity contribution in [2.24, 2.45) is 0 Å². The molecule has 0 aromatic heterocycles. The molecule has 0 bridgehead atoms. The zero-order valence-electron chi connectivity index (χ0n) is 9.08. The average Bonchev–Trinajstić information content (AvgIpc) is 2.14. The van der Waals surface area contributed by atoms with Crippen molar-refractivity contribution in [2.45, 2.75) is 26.3 Å². The van der Waals surface area contributed by atoms with Crippen molar-refractivity contribution in [3.8, 4) is 0 Å². The lowest BCUT2D eigenvalue weighted by molar-refractivity contribution is -0.136. The summed E-state index contributed by atoms with van der Waals surface area (Å²) in [5.74, 6) is 0.972. The highest BCUT2D eigenvalue weighted by Crippen LogP contribution is 2.00. The quantitative estimate of drug-likeness (QED) is 0.611. The fourth-order valence-electron chi connectivity index (χ4n) is 0.894. The molecule has 3 N–H and O–H groups in total. The third kappa shape index (κ3) is 9.40. The fourth-order valence-corrected chi connectivity index (χ4v) is 1.57. The summed E-state index contributed by atoms with van der Waals surface area (Å²) in [6, 6.07) is -0.208.